The summed E-state index contributed by atoms with van der Waals surface area (Å²) in [4.78, 5) is 28.9. The van der Waals surface area contributed by atoms with Crippen LogP contribution in [0.5, 0.6) is 0 Å². The van der Waals surface area contributed by atoms with E-state index in [9.17, 15) is 18.0 Å². The van der Waals surface area contributed by atoms with E-state index in [-0.39, 0.29) is 17.1 Å². The van der Waals surface area contributed by atoms with Crippen LogP contribution in [-0.2, 0) is 27.5 Å². The molecule has 0 spiro atoms. The van der Waals surface area contributed by atoms with E-state index in [2.05, 4.69) is 24.1 Å². The number of benzene rings is 1. The highest BCUT2D eigenvalue weighted by atomic mass is 32.2. The summed E-state index contributed by atoms with van der Waals surface area (Å²) in [5, 5.41) is 3.18. The summed E-state index contributed by atoms with van der Waals surface area (Å²) in [6, 6.07) is 6.41. The van der Waals surface area contributed by atoms with Gasteiger partial charge in [-0.15, -0.1) is 11.3 Å². The number of thiophene rings is 1. The number of carbonyl (C=O) groups excluding carboxylic acids is 2. The second-order valence-electron chi connectivity index (χ2n) is 7.47. The number of sulfone groups is 1. The van der Waals surface area contributed by atoms with Gasteiger partial charge in [-0.1, -0.05) is 12.1 Å². The number of esters is 1. The SMILES string of the molecule is CCOC(=O)c1c(NC(=O)c2ccccc2S(C)(=O)=O)sc2c1CCN(C(C)C)C2. The molecule has 1 aromatic heterocycles. The summed E-state index contributed by atoms with van der Waals surface area (Å²) < 4.78 is 29.4. The molecule has 0 saturated heterocycles. The Hall–Kier alpha value is -2.23. The maximum Gasteiger partial charge on any atom is 0.341 e. The van der Waals surface area contributed by atoms with Crippen LogP contribution in [0.4, 0.5) is 5.00 Å². The Kier molecular flexibility index (Phi) is 6.64. The lowest BCUT2D eigenvalue weighted by Gasteiger charge is -2.30. The molecule has 0 saturated carbocycles. The number of ether oxygens (including phenoxy) is 1. The van der Waals surface area contributed by atoms with E-state index < -0.39 is 21.7 Å². The maximum absolute atomic E-state index is 13.0. The topological polar surface area (TPSA) is 92.8 Å². The first-order chi connectivity index (χ1) is 14.1. The first-order valence-electron chi connectivity index (χ1n) is 9.79. The van der Waals surface area contributed by atoms with Gasteiger partial charge in [-0.2, -0.15) is 0 Å². The van der Waals surface area contributed by atoms with Crippen molar-refractivity contribution in [2.75, 3.05) is 24.7 Å². The van der Waals surface area contributed by atoms with E-state index in [1.807, 2.05) is 0 Å². The molecule has 1 amide bonds. The van der Waals surface area contributed by atoms with E-state index in [0.29, 0.717) is 29.6 Å². The number of fused-ring (bicyclic) bond motifs is 1. The molecule has 9 heteroatoms. The van der Waals surface area contributed by atoms with Crippen molar-refractivity contribution < 1.29 is 22.7 Å². The summed E-state index contributed by atoms with van der Waals surface area (Å²) in [7, 11) is -3.58. The average Bonchev–Trinajstić information content (AvgIpc) is 3.04. The fourth-order valence-corrected chi connectivity index (χ4v) is 5.66. The van der Waals surface area contributed by atoms with Crippen molar-refractivity contribution in [2.24, 2.45) is 0 Å². The fraction of sp³-hybridized carbons (Fsp3) is 0.429. The largest absolute Gasteiger partial charge is 0.462 e. The monoisotopic (exact) mass is 450 g/mol. The average molecular weight is 451 g/mol. The van der Waals surface area contributed by atoms with Crippen LogP contribution in [0, 0.1) is 0 Å². The molecule has 0 atom stereocenters. The third-order valence-electron chi connectivity index (χ3n) is 5.05. The van der Waals surface area contributed by atoms with Crippen molar-refractivity contribution in [3.8, 4) is 0 Å². The number of carbonyl (C=O) groups is 2. The smallest absolute Gasteiger partial charge is 0.341 e. The zero-order valence-electron chi connectivity index (χ0n) is 17.5. The van der Waals surface area contributed by atoms with Crippen LogP contribution < -0.4 is 5.32 Å². The van der Waals surface area contributed by atoms with E-state index in [1.165, 1.54) is 23.5 Å². The molecule has 7 nitrogen and oxygen atoms in total. The van der Waals surface area contributed by atoms with Crippen LogP contribution in [-0.4, -0.2) is 50.6 Å². The summed E-state index contributed by atoms with van der Waals surface area (Å²) in [5.74, 6) is -1.04. The predicted molar refractivity (Wildman–Crippen MR) is 117 cm³/mol. The molecule has 162 valence electrons. The third kappa shape index (κ3) is 4.58. The number of anilines is 1. The number of rotatable bonds is 6. The Balaban J connectivity index is 2.00. The first-order valence-corrected chi connectivity index (χ1v) is 12.5. The summed E-state index contributed by atoms with van der Waals surface area (Å²) in [6.45, 7) is 7.72. The molecule has 1 N–H and O–H groups in total. The lowest BCUT2D eigenvalue weighted by molar-refractivity contribution is 0.0526. The number of nitrogens with one attached hydrogen (secondary N) is 1. The van der Waals surface area contributed by atoms with Gasteiger partial charge < -0.3 is 10.1 Å². The second-order valence-corrected chi connectivity index (χ2v) is 10.6. The zero-order valence-corrected chi connectivity index (χ0v) is 19.2. The quantitative estimate of drug-likeness (QED) is 0.679. The molecule has 30 heavy (non-hydrogen) atoms. The van der Waals surface area contributed by atoms with Crippen molar-refractivity contribution in [1.29, 1.82) is 0 Å². The third-order valence-corrected chi connectivity index (χ3v) is 7.34. The molecule has 1 aromatic carbocycles. The number of amides is 1. The van der Waals surface area contributed by atoms with Gasteiger partial charge in [0.15, 0.2) is 9.84 Å². The van der Waals surface area contributed by atoms with E-state index in [0.717, 1.165) is 23.2 Å². The van der Waals surface area contributed by atoms with Crippen molar-refractivity contribution in [2.45, 2.75) is 44.7 Å². The van der Waals surface area contributed by atoms with Gasteiger partial charge in [0.25, 0.3) is 5.91 Å². The van der Waals surface area contributed by atoms with E-state index in [1.54, 1.807) is 19.1 Å². The van der Waals surface area contributed by atoms with Crippen LogP contribution >= 0.6 is 11.3 Å². The standard InChI is InChI=1S/C21H26N2O5S2/c1-5-28-21(25)18-14-10-11-23(13(2)3)12-16(14)29-20(18)22-19(24)15-8-6-7-9-17(15)30(4,26)27/h6-9,13H,5,10-12H2,1-4H3,(H,22,24). The van der Waals surface area contributed by atoms with Crippen molar-refractivity contribution >= 4 is 38.1 Å². The number of nitrogens with zero attached hydrogens (tertiary/aromatic N) is 1. The van der Waals surface area contributed by atoms with E-state index in [4.69, 9.17) is 4.74 Å². The van der Waals surface area contributed by atoms with Gasteiger partial charge in [0.1, 0.15) is 5.00 Å². The molecular weight excluding hydrogens is 424 g/mol. The Morgan fingerprint density at radius 2 is 1.97 bits per heavy atom. The Morgan fingerprint density at radius 3 is 2.60 bits per heavy atom. The van der Waals surface area contributed by atoms with Crippen LogP contribution in [0.25, 0.3) is 0 Å². The summed E-state index contributed by atoms with van der Waals surface area (Å²) >= 11 is 1.35. The van der Waals surface area contributed by atoms with Gasteiger partial charge in [0, 0.05) is 30.3 Å². The first kappa shape index (κ1) is 22.5. The highest BCUT2D eigenvalue weighted by Gasteiger charge is 2.31. The van der Waals surface area contributed by atoms with Gasteiger partial charge in [-0.05, 0) is 44.9 Å². The Labute approximate surface area is 181 Å². The lowest BCUT2D eigenvalue weighted by Crippen LogP contribution is -2.35. The molecular formula is C21H26N2O5S2. The molecule has 0 aliphatic carbocycles. The minimum absolute atomic E-state index is 0.0463. The van der Waals surface area contributed by atoms with E-state index >= 15 is 0 Å². The normalized spacial score (nSPS) is 14.4. The van der Waals surface area contributed by atoms with Crippen molar-refractivity contribution in [1.82, 2.24) is 4.90 Å². The molecule has 2 heterocycles. The molecule has 1 aliphatic rings. The number of hydrogen-bond acceptors (Lipinski definition) is 7. The molecule has 0 radical (unpaired) electrons. The molecule has 2 aromatic rings. The Morgan fingerprint density at radius 1 is 1.27 bits per heavy atom. The van der Waals surface area contributed by atoms with Gasteiger partial charge in [-0.3, -0.25) is 9.69 Å². The van der Waals surface area contributed by atoms with Crippen LogP contribution in [0.3, 0.4) is 0 Å². The van der Waals surface area contributed by atoms with Crippen molar-refractivity contribution in [3.05, 3.63) is 45.8 Å². The summed E-state index contributed by atoms with van der Waals surface area (Å²) in [5.41, 5.74) is 1.33. The molecule has 0 bridgehead atoms. The maximum atomic E-state index is 13.0. The molecule has 0 unspecified atom stereocenters. The minimum Gasteiger partial charge on any atom is -0.462 e. The van der Waals surface area contributed by atoms with Gasteiger partial charge in [0.2, 0.25) is 0 Å². The minimum atomic E-state index is -3.58. The molecule has 3 rings (SSSR count). The summed E-state index contributed by atoms with van der Waals surface area (Å²) in [6.07, 6.45) is 1.75. The van der Waals surface area contributed by atoms with Gasteiger partial charge in [-0.25, -0.2) is 13.2 Å². The number of hydrogen-bond donors (Lipinski definition) is 1. The lowest BCUT2D eigenvalue weighted by atomic mass is 10.0. The van der Waals surface area contributed by atoms with Crippen LogP contribution in [0.1, 0.15) is 51.9 Å². The second kappa shape index (κ2) is 8.87. The molecule has 0 fully saturated rings. The predicted octanol–water partition coefficient (Wildman–Crippen LogP) is 3.35. The van der Waals surface area contributed by atoms with Crippen LogP contribution in [0.15, 0.2) is 29.2 Å². The van der Waals surface area contributed by atoms with Gasteiger partial charge in [0.05, 0.1) is 22.6 Å². The van der Waals surface area contributed by atoms with Crippen LogP contribution in [0.2, 0.25) is 0 Å². The van der Waals surface area contributed by atoms with Crippen molar-refractivity contribution in [3.63, 3.8) is 0 Å². The Bertz CT molecular complexity index is 1070. The van der Waals surface area contributed by atoms with Gasteiger partial charge >= 0.3 is 5.97 Å². The zero-order chi connectivity index (χ0) is 22.1. The molecule has 1 aliphatic heterocycles. The highest BCUT2D eigenvalue weighted by molar-refractivity contribution is 7.90. The fourth-order valence-electron chi connectivity index (χ4n) is 3.52. The highest BCUT2D eigenvalue weighted by Crippen LogP contribution is 2.38.